The van der Waals surface area contributed by atoms with Gasteiger partial charge < -0.3 is 10.8 Å². The van der Waals surface area contributed by atoms with Gasteiger partial charge in [0.15, 0.2) is 0 Å². The zero-order valence-electron chi connectivity index (χ0n) is 16.5. The molecular weight excluding hydrogens is 453 g/mol. The first kappa shape index (κ1) is 25.1. The Morgan fingerprint density at radius 2 is 1.79 bits per heavy atom. The molecule has 1 aromatic heterocycles. The number of nitrogens with two attached hydrogens (primary N) is 1. The molecule has 1 heterocycles. The van der Waals surface area contributed by atoms with Crippen molar-refractivity contribution in [1.29, 1.82) is 0 Å². The van der Waals surface area contributed by atoms with Crippen molar-refractivity contribution in [3.05, 3.63) is 33.9 Å². The average molecular weight is 482 g/mol. The van der Waals surface area contributed by atoms with Gasteiger partial charge in [-0.2, -0.15) is 0 Å². The van der Waals surface area contributed by atoms with Crippen LogP contribution in [-0.2, 0) is 11.2 Å². The van der Waals surface area contributed by atoms with Gasteiger partial charge in [-0.15, -0.1) is 0 Å². The Kier molecular flexibility index (Phi) is 10.1. The summed E-state index contributed by atoms with van der Waals surface area (Å²) in [7, 11) is -2.22. The third kappa shape index (κ3) is 5.79. The van der Waals surface area contributed by atoms with E-state index in [9.17, 15) is 18.7 Å². The molecule has 0 aliphatic heterocycles. The van der Waals surface area contributed by atoms with Gasteiger partial charge >= 0.3 is 0 Å². The van der Waals surface area contributed by atoms with Crippen LogP contribution in [0.15, 0.2) is 16.7 Å². The standard InChI is InChI=1S/C19H29BrF3N2O2Si/c1-4-28(5-2,6-3)17(19(24)27)14(21)9-7-12-8-10-15(20)25-16(12)13(11-26)18(22)23/h8,10,14,17-18,26H,4-7,9,11H2,1-3H3,(H2,24,27)/t14?,17-/m0/s1. The summed E-state index contributed by atoms with van der Waals surface area (Å²) >= 11 is 3.14. The number of aryl methyl sites for hydroxylation is 1. The number of amides is 1. The summed E-state index contributed by atoms with van der Waals surface area (Å²) in [6.45, 7) is 5.09. The number of aliphatic hydroxyl groups is 1. The number of rotatable bonds is 12. The number of alkyl halides is 3. The molecule has 159 valence electrons. The lowest BCUT2D eigenvalue weighted by Crippen LogP contribution is -2.48. The molecule has 1 aromatic rings. The van der Waals surface area contributed by atoms with Crippen LogP contribution in [0.1, 0.15) is 38.4 Å². The maximum absolute atomic E-state index is 15.2. The van der Waals surface area contributed by atoms with Crippen LogP contribution in [0.4, 0.5) is 13.2 Å². The second-order valence-electron chi connectivity index (χ2n) is 6.98. The number of carbonyl (C=O) groups excluding carboxylic acids is 1. The highest BCUT2D eigenvalue weighted by molar-refractivity contribution is 9.10. The normalized spacial score (nSPS) is 14.5. The molecule has 1 amide bonds. The van der Waals surface area contributed by atoms with E-state index in [1.54, 1.807) is 12.1 Å². The van der Waals surface area contributed by atoms with Crippen molar-refractivity contribution in [3.63, 3.8) is 0 Å². The molecule has 28 heavy (non-hydrogen) atoms. The van der Waals surface area contributed by atoms with Crippen molar-refractivity contribution < 1.29 is 23.1 Å². The van der Waals surface area contributed by atoms with Crippen molar-refractivity contribution in [2.45, 2.75) is 69.9 Å². The third-order valence-electron chi connectivity index (χ3n) is 5.81. The van der Waals surface area contributed by atoms with Crippen LogP contribution in [0.25, 0.3) is 0 Å². The minimum atomic E-state index is -2.87. The van der Waals surface area contributed by atoms with Crippen LogP contribution in [-0.4, -0.2) is 43.3 Å². The van der Waals surface area contributed by atoms with E-state index in [0.717, 1.165) is 18.1 Å². The van der Waals surface area contributed by atoms with E-state index in [1.807, 2.05) is 20.8 Å². The zero-order chi connectivity index (χ0) is 21.5. The van der Waals surface area contributed by atoms with Crippen LogP contribution >= 0.6 is 15.9 Å². The van der Waals surface area contributed by atoms with E-state index in [0.29, 0.717) is 10.2 Å². The Bertz CT molecular complexity index is 639. The molecule has 0 spiro atoms. The maximum atomic E-state index is 15.2. The van der Waals surface area contributed by atoms with Crippen molar-refractivity contribution in [2.75, 3.05) is 6.61 Å². The molecular formula is C19H29BrF3N2O2Si. The van der Waals surface area contributed by atoms with E-state index in [-0.39, 0.29) is 18.5 Å². The Hall–Kier alpha value is -0.933. The molecule has 3 N–H and O–H groups in total. The minimum absolute atomic E-state index is 0.0133. The van der Waals surface area contributed by atoms with Crippen LogP contribution in [0.2, 0.25) is 23.7 Å². The van der Waals surface area contributed by atoms with Gasteiger partial charge in [-0.3, -0.25) is 4.79 Å². The first-order valence-corrected chi connectivity index (χ1v) is 13.0. The highest BCUT2D eigenvalue weighted by atomic mass is 79.9. The molecule has 9 heteroatoms. The number of nitrogens with zero attached hydrogens (tertiary/aromatic N) is 1. The number of hydrogen-bond donors (Lipinski definition) is 2. The fourth-order valence-electron chi connectivity index (χ4n) is 3.92. The largest absolute Gasteiger partial charge is 0.395 e. The maximum Gasteiger partial charge on any atom is 0.253 e. The predicted octanol–water partition coefficient (Wildman–Crippen LogP) is 4.66. The van der Waals surface area contributed by atoms with Crippen molar-refractivity contribution in [3.8, 4) is 0 Å². The molecule has 1 unspecified atom stereocenters. The number of halogens is 4. The van der Waals surface area contributed by atoms with Gasteiger partial charge in [-0.25, -0.2) is 18.2 Å². The van der Waals surface area contributed by atoms with Gasteiger partial charge in [0.1, 0.15) is 16.7 Å². The van der Waals surface area contributed by atoms with Crippen molar-refractivity contribution >= 4 is 29.9 Å². The third-order valence-corrected chi connectivity index (χ3v) is 12.4. The smallest absolute Gasteiger partial charge is 0.253 e. The molecule has 0 aromatic carbocycles. The van der Waals surface area contributed by atoms with Gasteiger partial charge in [-0.1, -0.05) is 45.0 Å². The lowest BCUT2D eigenvalue weighted by molar-refractivity contribution is -0.119. The van der Waals surface area contributed by atoms with E-state index in [2.05, 4.69) is 20.9 Å². The first-order valence-electron chi connectivity index (χ1n) is 9.51. The second kappa shape index (κ2) is 11.3. The Morgan fingerprint density at radius 3 is 2.21 bits per heavy atom. The summed E-state index contributed by atoms with van der Waals surface area (Å²) in [6, 6.07) is 5.44. The average Bonchev–Trinajstić information content (AvgIpc) is 2.65. The van der Waals surface area contributed by atoms with E-state index < -0.39 is 44.6 Å². The van der Waals surface area contributed by atoms with Gasteiger partial charge in [0, 0.05) is 0 Å². The summed E-state index contributed by atoms with van der Waals surface area (Å²) in [4.78, 5) is 16.1. The minimum Gasteiger partial charge on any atom is -0.395 e. The number of hydrogen-bond acceptors (Lipinski definition) is 3. The van der Waals surface area contributed by atoms with Crippen LogP contribution in [0.3, 0.4) is 0 Å². The monoisotopic (exact) mass is 481 g/mol. The molecule has 4 nitrogen and oxygen atoms in total. The predicted molar refractivity (Wildman–Crippen MR) is 111 cm³/mol. The molecule has 1 radical (unpaired) electrons. The molecule has 0 aliphatic carbocycles. The number of carbonyl (C=O) groups is 1. The lowest BCUT2D eigenvalue weighted by Gasteiger charge is -2.37. The van der Waals surface area contributed by atoms with Crippen molar-refractivity contribution in [1.82, 2.24) is 4.98 Å². The van der Waals surface area contributed by atoms with E-state index in [4.69, 9.17) is 5.73 Å². The molecule has 0 saturated heterocycles. The Labute approximate surface area is 174 Å². The van der Waals surface area contributed by atoms with E-state index >= 15 is 4.39 Å². The zero-order valence-corrected chi connectivity index (χ0v) is 19.1. The topological polar surface area (TPSA) is 76.2 Å². The lowest BCUT2D eigenvalue weighted by atomic mass is 9.96. The number of aliphatic hydroxyl groups excluding tert-OH is 1. The summed E-state index contributed by atoms with van der Waals surface area (Å²) in [6.07, 6.45) is -4.20. The summed E-state index contributed by atoms with van der Waals surface area (Å²) in [5, 5.41) is 9.30. The second-order valence-corrected chi connectivity index (χ2v) is 13.3. The fraction of sp³-hybridized carbons (Fsp3) is 0.632. The SMILES string of the molecule is CC[Si](CC)(CC)[C@H](C(N)=O)C(F)CCc1ccc(Br)nc1[C](CO)C(F)F. The fourth-order valence-corrected chi connectivity index (χ4v) is 8.59. The molecule has 0 saturated carbocycles. The van der Waals surface area contributed by atoms with Crippen LogP contribution < -0.4 is 5.73 Å². The number of pyridine rings is 1. The highest BCUT2D eigenvalue weighted by Crippen LogP contribution is 2.39. The van der Waals surface area contributed by atoms with Gasteiger partial charge in [0.25, 0.3) is 6.43 Å². The summed E-state index contributed by atoms with van der Waals surface area (Å²) in [5.41, 5.74) is 5.15. The molecule has 0 aliphatic rings. The van der Waals surface area contributed by atoms with E-state index in [1.165, 1.54) is 0 Å². The van der Waals surface area contributed by atoms with Crippen LogP contribution in [0, 0.1) is 5.92 Å². The summed E-state index contributed by atoms with van der Waals surface area (Å²) < 4.78 is 42.0. The quantitative estimate of drug-likeness (QED) is 0.336. The number of primary amides is 1. The molecule has 0 fully saturated rings. The van der Waals surface area contributed by atoms with Gasteiger partial charge in [0.2, 0.25) is 5.91 Å². The Morgan fingerprint density at radius 1 is 1.21 bits per heavy atom. The van der Waals surface area contributed by atoms with Gasteiger partial charge in [0.05, 0.1) is 25.9 Å². The highest BCUT2D eigenvalue weighted by Gasteiger charge is 2.44. The molecule has 1 rings (SSSR count). The van der Waals surface area contributed by atoms with Crippen LogP contribution in [0.5, 0.6) is 0 Å². The Balaban J connectivity index is 3.11. The number of aromatic nitrogens is 1. The van der Waals surface area contributed by atoms with Crippen molar-refractivity contribution in [2.24, 2.45) is 5.73 Å². The summed E-state index contributed by atoms with van der Waals surface area (Å²) in [5.74, 6) is -1.12. The molecule has 2 atom stereocenters. The first-order chi connectivity index (χ1) is 13.2. The van der Waals surface area contributed by atoms with Gasteiger partial charge in [-0.05, 0) is 40.4 Å². The molecule has 0 bridgehead atoms.